The molecule has 2 saturated heterocycles. The van der Waals surface area contributed by atoms with Crippen molar-refractivity contribution in [3.63, 3.8) is 0 Å². The fraction of sp³-hybridized carbons (Fsp3) is 0.314. The average Bonchev–Trinajstić information content (AvgIpc) is 3.98. The van der Waals surface area contributed by atoms with Crippen molar-refractivity contribution in [3.05, 3.63) is 128 Å². The van der Waals surface area contributed by atoms with E-state index in [9.17, 15) is 18.0 Å². The Labute approximate surface area is 332 Å². The van der Waals surface area contributed by atoms with Crippen LogP contribution in [0.15, 0.2) is 90.1 Å². The van der Waals surface area contributed by atoms with E-state index >= 15 is 0 Å². The Balaban J connectivity index is 0.000000241. The monoisotopic (exact) mass is 890 g/mol. The third-order valence-electron chi connectivity index (χ3n) is 8.26. The molecule has 6 heterocycles. The van der Waals surface area contributed by atoms with Gasteiger partial charge in [0.05, 0.1) is 17.8 Å². The highest BCUT2D eigenvalue weighted by Crippen LogP contribution is 2.36. The molecule has 5 aromatic rings. The summed E-state index contributed by atoms with van der Waals surface area (Å²) in [7, 11) is -3.48. The number of hydrogen-bond donors (Lipinski definition) is 3. The lowest BCUT2D eigenvalue weighted by molar-refractivity contribution is 0.0938. The lowest BCUT2D eigenvalue weighted by atomic mass is 10.2. The van der Waals surface area contributed by atoms with Gasteiger partial charge in [0.2, 0.25) is 10.0 Å². The van der Waals surface area contributed by atoms with Crippen molar-refractivity contribution in [2.75, 3.05) is 13.1 Å². The van der Waals surface area contributed by atoms with Crippen LogP contribution in [0, 0.1) is 0 Å². The minimum Gasteiger partial charge on any atom is -0.347 e. The minimum atomic E-state index is -3.48. The first-order valence-electron chi connectivity index (χ1n) is 16.4. The minimum absolute atomic E-state index is 0. The maximum Gasteiger partial charge on any atom is 0.271 e. The second-order valence-electron chi connectivity index (χ2n) is 11.9. The lowest BCUT2D eigenvalue weighted by Gasteiger charge is -2.22. The van der Waals surface area contributed by atoms with Gasteiger partial charge in [0.15, 0.2) is 0 Å². The predicted molar refractivity (Wildman–Crippen MR) is 213 cm³/mol. The largest absolute Gasteiger partial charge is 0.347 e. The van der Waals surface area contributed by atoms with Crippen molar-refractivity contribution in [2.24, 2.45) is 0 Å². The first kappa shape index (κ1) is 41.3. The molecule has 52 heavy (non-hydrogen) atoms. The van der Waals surface area contributed by atoms with E-state index in [2.05, 4.69) is 35.9 Å². The summed E-state index contributed by atoms with van der Waals surface area (Å²) in [6.45, 7) is 2.34. The Morgan fingerprint density at radius 1 is 0.769 bits per heavy atom. The summed E-state index contributed by atoms with van der Waals surface area (Å²) in [5.41, 5.74) is 3.45. The van der Waals surface area contributed by atoms with E-state index in [4.69, 9.17) is 0 Å². The first-order valence-corrected chi connectivity index (χ1v) is 19.7. The van der Waals surface area contributed by atoms with E-state index in [1.54, 1.807) is 41.5 Å². The number of amides is 2. The summed E-state index contributed by atoms with van der Waals surface area (Å²) in [5, 5.41) is 14.3. The van der Waals surface area contributed by atoms with Gasteiger partial charge in [-0.3, -0.25) is 19.6 Å². The van der Waals surface area contributed by atoms with Gasteiger partial charge in [-0.2, -0.15) is 4.31 Å². The number of benzene rings is 1. The van der Waals surface area contributed by atoms with E-state index in [1.165, 1.54) is 22.1 Å². The molecule has 4 aromatic heterocycles. The highest BCUT2D eigenvalue weighted by atomic mass is 79.9. The third-order valence-corrected chi connectivity index (χ3v) is 12.0. The summed E-state index contributed by atoms with van der Waals surface area (Å²) < 4.78 is 27.5. The Morgan fingerprint density at radius 2 is 1.35 bits per heavy atom. The number of nitrogens with one attached hydrogen (secondary N) is 3. The molecular weight excluding hydrogens is 852 g/mol. The Bertz CT molecular complexity index is 1960. The van der Waals surface area contributed by atoms with Gasteiger partial charge >= 0.3 is 0 Å². The first-order chi connectivity index (χ1) is 24.4. The number of pyridine rings is 2. The SMILES string of the molecule is Br.Br.O=C(NCc1cccnc1)c1csc([C@@H]2CCCN2)n1.O=C(NCc1cccnc1)c1csc([C@@H]2CCCN2S(=O)(=O)Cc2ccccc2)n1. The second-order valence-corrected chi connectivity index (χ2v) is 15.6. The highest BCUT2D eigenvalue weighted by molar-refractivity contribution is 8.93. The van der Waals surface area contributed by atoms with Gasteiger partial charge in [-0.05, 0) is 61.1 Å². The van der Waals surface area contributed by atoms with Gasteiger partial charge in [0.25, 0.3) is 11.8 Å². The number of rotatable bonds is 11. The van der Waals surface area contributed by atoms with Crippen LogP contribution in [-0.4, -0.2) is 57.6 Å². The Morgan fingerprint density at radius 3 is 1.90 bits per heavy atom. The number of carbonyl (C=O) groups excluding carboxylic acids is 2. The molecule has 0 spiro atoms. The molecule has 12 nitrogen and oxygen atoms in total. The van der Waals surface area contributed by atoms with Crippen molar-refractivity contribution in [3.8, 4) is 0 Å². The quantitative estimate of drug-likeness (QED) is 0.141. The van der Waals surface area contributed by atoms with E-state index in [1.807, 2.05) is 60.0 Å². The molecule has 0 saturated carbocycles. The Kier molecular flexibility index (Phi) is 16.0. The molecule has 17 heteroatoms. The fourth-order valence-corrected chi connectivity index (χ4v) is 9.43. The van der Waals surface area contributed by atoms with Crippen LogP contribution in [0.1, 0.15) is 85.4 Å². The molecule has 2 amide bonds. The zero-order valence-corrected chi connectivity index (χ0v) is 34.0. The van der Waals surface area contributed by atoms with Gasteiger partial charge < -0.3 is 16.0 Å². The number of thiazole rings is 2. The predicted octanol–water partition coefficient (Wildman–Crippen LogP) is 6.18. The van der Waals surface area contributed by atoms with Crippen LogP contribution in [0.2, 0.25) is 0 Å². The molecule has 2 aliphatic heterocycles. The van der Waals surface area contributed by atoms with E-state index in [-0.39, 0.29) is 57.6 Å². The topological polar surface area (TPSA) is 159 Å². The highest BCUT2D eigenvalue weighted by Gasteiger charge is 2.37. The number of halogens is 2. The van der Waals surface area contributed by atoms with Crippen LogP contribution in [0.5, 0.6) is 0 Å². The zero-order chi connectivity index (χ0) is 34.8. The maximum atomic E-state index is 13.0. The third kappa shape index (κ3) is 11.3. The molecule has 2 fully saturated rings. The van der Waals surface area contributed by atoms with E-state index < -0.39 is 10.0 Å². The number of carbonyl (C=O) groups is 2. The number of sulfonamides is 1. The van der Waals surface area contributed by atoms with Crippen LogP contribution in [0.3, 0.4) is 0 Å². The van der Waals surface area contributed by atoms with Crippen LogP contribution in [-0.2, 0) is 28.9 Å². The van der Waals surface area contributed by atoms with Crippen molar-refractivity contribution >= 4 is 78.5 Å². The van der Waals surface area contributed by atoms with Crippen molar-refractivity contribution in [1.82, 2.24) is 40.2 Å². The molecule has 2 atom stereocenters. The van der Waals surface area contributed by atoms with Gasteiger partial charge in [-0.1, -0.05) is 42.5 Å². The molecule has 0 aliphatic carbocycles. The molecule has 7 rings (SSSR count). The summed E-state index contributed by atoms with van der Waals surface area (Å²) in [6, 6.07) is 16.7. The summed E-state index contributed by atoms with van der Waals surface area (Å²) in [6.07, 6.45) is 10.6. The zero-order valence-electron chi connectivity index (χ0n) is 28.1. The molecule has 0 unspecified atom stereocenters. The van der Waals surface area contributed by atoms with Crippen LogP contribution < -0.4 is 16.0 Å². The number of hydrogen-bond acceptors (Lipinski definition) is 11. The molecule has 1 aromatic carbocycles. The van der Waals surface area contributed by atoms with Crippen molar-refractivity contribution in [2.45, 2.75) is 56.6 Å². The van der Waals surface area contributed by atoms with Gasteiger partial charge in [-0.25, -0.2) is 18.4 Å². The molecular formula is C35H40Br2N8O4S3. The van der Waals surface area contributed by atoms with Crippen LogP contribution in [0.4, 0.5) is 0 Å². The summed E-state index contributed by atoms with van der Waals surface area (Å²) in [5.74, 6) is -0.443. The van der Waals surface area contributed by atoms with Crippen LogP contribution >= 0.6 is 56.6 Å². The van der Waals surface area contributed by atoms with E-state index in [0.29, 0.717) is 48.5 Å². The molecule has 276 valence electrons. The van der Waals surface area contributed by atoms with E-state index in [0.717, 1.165) is 41.1 Å². The summed E-state index contributed by atoms with van der Waals surface area (Å²) >= 11 is 2.88. The fourth-order valence-electron chi connectivity index (χ4n) is 5.73. The number of aromatic nitrogens is 4. The molecule has 0 radical (unpaired) electrons. The smallest absolute Gasteiger partial charge is 0.271 e. The van der Waals surface area contributed by atoms with Crippen molar-refractivity contribution < 1.29 is 18.0 Å². The lowest BCUT2D eigenvalue weighted by Crippen LogP contribution is -2.31. The number of nitrogens with zero attached hydrogens (tertiary/aromatic N) is 5. The standard InChI is InChI=1S/C21H22N4O3S2.C14H16N4OS.2BrH/c26-20(23-13-17-8-4-10-22-12-17)18-14-29-21(24-18)19-9-5-11-25(19)30(27,28)15-16-6-2-1-3-7-16;19-13(17-8-10-3-1-5-15-7-10)12-9-20-14(18-12)11-4-2-6-16-11;;/h1-4,6-8,10,12,14,19H,5,9,11,13,15H2,(H,23,26);1,3,5,7,9,11,16H,2,4,6,8H2,(H,17,19);2*1H/t19-;11-;;/m00../s1. The Hall–Kier alpha value is -3.45. The van der Waals surface area contributed by atoms with Crippen LogP contribution in [0.25, 0.3) is 0 Å². The van der Waals surface area contributed by atoms with Gasteiger partial charge in [0, 0.05) is 55.2 Å². The normalized spacial score (nSPS) is 16.8. The van der Waals surface area contributed by atoms with Gasteiger partial charge in [0.1, 0.15) is 21.4 Å². The van der Waals surface area contributed by atoms with Crippen molar-refractivity contribution in [1.29, 1.82) is 0 Å². The molecule has 2 aliphatic rings. The molecule has 3 N–H and O–H groups in total. The molecule has 0 bridgehead atoms. The maximum absolute atomic E-state index is 13.0. The average molecular weight is 893 g/mol. The van der Waals surface area contributed by atoms with Gasteiger partial charge in [-0.15, -0.1) is 56.6 Å². The second kappa shape index (κ2) is 20.1. The summed E-state index contributed by atoms with van der Waals surface area (Å²) in [4.78, 5) is 41.4.